The third-order valence-corrected chi connectivity index (χ3v) is 3.62. The molecule has 0 saturated heterocycles. The van der Waals surface area contributed by atoms with Crippen LogP contribution < -0.4 is 10.0 Å². The van der Waals surface area contributed by atoms with Crippen molar-refractivity contribution in [1.82, 2.24) is 9.78 Å². The SMILES string of the molecule is CCOC(=O)c1ccc2c(cnn2CCNc2cccc[n+]2O)c1. The first-order valence-electron chi connectivity index (χ1n) is 7.75. The largest absolute Gasteiger partial charge is 0.462 e. The van der Waals surface area contributed by atoms with Gasteiger partial charge in [0.15, 0.2) is 0 Å². The lowest BCUT2D eigenvalue weighted by molar-refractivity contribution is -0.893. The van der Waals surface area contributed by atoms with Crippen molar-refractivity contribution >= 4 is 22.7 Å². The number of ether oxygens (including phenoxy) is 1. The second-order valence-electron chi connectivity index (χ2n) is 5.22. The van der Waals surface area contributed by atoms with E-state index in [0.717, 1.165) is 15.6 Å². The summed E-state index contributed by atoms with van der Waals surface area (Å²) in [6.07, 6.45) is 3.29. The molecule has 3 aromatic rings. The fourth-order valence-electron chi connectivity index (χ4n) is 2.47. The number of hydrogen-bond acceptors (Lipinski definition) is 5. The molecule has 24 heavy (non-hydrogen) atoms. The van der Waals surface area contributed by atoms with Crippen molar-refractivity contribution in [2.75, 3.05) is 18.5 Å². The highest BCUT2D eigenvalue weighted by molar-refractivity contribution is 5.94. The molecule has 0 fully saturated rings. The van der Waals surface area contributed by atoms with Crippen molar-refractivity contribution in [2.24, 2.45) is 0 Å². The van der Waals surface area contributed by atoms with Crippen molar-refractivity contribution in [3.8, 4) is 0 Å². The maximum atomic E-state index is 11.8. The quantitative estimate of drug-likeness (QED) is 0.410. The number of esters is 1. The van der Waals surface area contributed by atoms with E-state index in [2.05, 4.69) is 10.4 Å². The van der Waals surface area contributed by atoms with Crippen molar-refractivity contribution in [3.63, 3.8) is 0 Å². The molecule has 3 rings (SSSR count). The molecular formula is C17H19N4O3+. The van der Waals surface area contributed by atoms with Gasteiger partial charge in [0.05, 0.1) is 30.4 Å². The van der Waals surface area contributed by atoms with E-state index in [0.29, 0.717) is 31.1 Å². The molecule has 0 atom stereocenters. The second-order valence-corrected chi connectivity index (χ2v) is 5.22. The Hall–Kier alpha value is -3.09. The maximum Gasteiger partial charge on any atom is 0.338 e. The molecule has 0 aliphatic rings. The number of carbonyl (C=O) groups excluding carboxylic acids is 1. The smallest absolute Gasteiger partial charge is 0.338 e. The Labute approximate surface area is 139 Å². The van der Waals surface area contributed by atoms with Gasteiger partial charge in [-0.15, -0.1) is 0 Å². The van der Waals surface area contributed by atoms with E-state index in [1.54, 1.807) is 43.6 Å². The summed E-state index contributed by atoms with van der Waals surface area (Å²) >= 11 is 0. The first-order chi connectivity index (χ1) is 11.7. The highest BCUT2D eigenvalue weighted by atomic mass is 16.5. The Balaban J connectivity index is 1.69. The van der Waals surface area contributed by atoms with E-state index in [1.807, 2.05) is 16.8 Å². The first-order valence-corrected chi connectivity index (χ1v) is 7.75. The van der Waals surface area contributed by atoms with Crippen LogP contribution in [0.15, 0.2) is 48.8 Å². The van der Waals surface area contributed by atoms with E-state index in [9.17, 15) is 10.0 Å². The normalized spacial score (nSPS) is 10.7. The van der Waals surface area contributed by atoms with Gasteiger partial charge in [-0.25, -0.2) is 4.79 Å². The predicted octanol–water partition coefficient (Wildman–Crippen LogP) is 1.85. The van der Waals surface area contributed by atoms with Crippen LogP contribution in [0.25, 0.3) is 10.9 Å². The summed E-state index contributed by atoms with van der Waals surface area (Å²) in [7, 11) is 0. The molecule has 124 valence electrons. The zero-order valence-corrected chi connectivity index (χ0v) is 13.3. The van der Waals surface area contributed by atoms with Crippen molar-refractivity contribution < 1.29 is 19.5 Å². The standard InChI is InChI=1S/C17H18N4O3/c1-2-24-17(22)13-6-7-15-14(11-13)12-19-20(15)10-8-18-16-5-3-4-9-21(16)23/h3-7,9,11-12,23H,2,8,10H2,1H3/p+1. The van der Waals surface area contributed by atoms with Crippen LogP contribution in [0, 0.1) is 0 Å². The minimum absolute atomic E-state index is 0.328. The third-order valence-electron chi connectivity index (χ3n) is 3.62. The highest BCUT2D eigenvalue weighted by Crippen LogP contribution is 2.16. The summed E-state index contributed by atoms with van der Waals surface area (Å²) in [5.41, 5.74) is 1.46. The van der Waals surface area contributed by atoms with Crippen LogP contribution in [0.4, 0.5) is 5.82 Å². The topological polar surface area (TPSA) is 80.3 Å². The Morgan fingerprint density at radius 1 is 1.38 bits per heavy atom. The Bertz CT molecular complexity index is 860. The number of rotatable bonds is 6. The fraction of sp³-hybridized carbons (Fsp3) is 0.235. The predicted molar refractivity (Wildman–Crippen MR) is 88.0 cm³/mol. The lowest BCUT2D eigenvalue weighted by Crippen LogP contribution is -2.34. The molecule has 0 aliphatic carbocycles. The van der Waals surface area contributed by atoms with Crippen LogP contribution in [0.1, 0.15) is 17.3 Å². The van der Waals surface area contributed by atoms with Gasteiger partial charge in [0.2, 0.25) is 0 Å². The summed E-state index contributed by atoms with van der Waals surface area (Å²) in [5.74, 6) is 0.281. The maximum absolute atomic E-state index is 11.8. The fourth-order valence-corrected chi connectivity index (χ4v) is 2.47. The summed E-state index contributed by atoms with van der Waals surface area (Å²) < 4.78 is 7.89. The second kappa shape index (κ2) is 6.99. The number of anilines is 1. The van der Waals surface area contributed by atoms with Crippen molar-refractivity contribution in [1.29, 1.82) is 0 Å². The van der Waals surface area contributed by atoms with Crippen LogP contribution in [-0.4, -0.2) is 34.1 Å². The van der Waals surface area contributed by atoms with Gasteiger partial charge in [0.1, 0.15) is 12.7 Å². The Morgan fingerprint density at radius 2 is 2.25 bits per heavy atom. The van der Waals surface area contributed by atoms with Gasteiger partial charge in [0.25, 0.3) is 0 Å². The van der Waals surface area contributed by atoms with Crippen molar-refractivity contribution in [3.05, 3.63) is 54.4 Å². The summed E-state index contributed by atoms with van der Waals surface area (Å²) in [4.78, 5) is 11.8. The average Bonchev–Trinajstić information content (AvgIpc) is 2.99. The van der Waals surface area contributed by atoms with Gasteiger partial charge in [-0.2, -0.15) is 5.10 Å². The number of nitrogens with zero attached hydrogens (tertiary/aromatic N) is 3. The summed E-state index contributed by atoms with van der Waals surface area (Å²) in [6.45, 7) is 3.36. The van der Waals surface area contributed by atoms with Gasteiger partial charge >= 0.3 is 11.8 Å². The number of carbonyl (C=O) groups is 1. The van der Waals surface area contributed by atoms with Crippen LogP contribution >= 0.6 is 0 Å². The van der Waals surface area contributed by atoms with Gasteiger partial charge in [0, 0.05) is 11.5 Å². The molecule has 7 nitrogen and oxygen atoms in total. The average molecular weight is 327 g/mol. The molecule has 2 heterocycles. The molecule has 0 unspecified atom stereocenters. The number of benzene rings is 1. The van der Waals surface area contributed by atoms with E-state index < -0.39 is 0 Å². The van der Waals surface area contributed by atoms with Gasteiger partial charge < -0.3 is 9.94 Å². The molecule has 0 spiro atoms. The zero-order valence-electron chi connectivity index (χ0n) is 13.3. The third kappa shape index (κ3) is 3.29. The molecule has 2 aromatic heterocycles. The molecular weight excluding hydrogens is 308 g/mol. The first kappa shape index (κ1) is 15.8. The summed E-state index contributed by atoms with van der Waals surface area (Å²) in [6, 6.07) is 10.8. The highest BCUT2D eigenvalue weighted by Gasteiger charge is 2.11. The minimum Gasteiger partial charge on any atom is -0.462 e. The van der Waals surface area contributed by atoms with Crippen LogP contribution in [0.3, 0.4) is 0 Å². The number of fused-ring (bicyclic) bond motifs is 1. The molecule has 0 radical (unpaired) electrons. The lowest BCUT2D eigenvalue weighted by Gasteiger charge is -2.05. The van der Waals surface area contributed by atoms with E-state index in [4.69, 9.17) is 4.74 Å². The van der Waals surface area contributed by atoms with E-state index in [-0.39, 0.29) is 5.97 Å². The van der Waals surface area contributed by atoms with Crippen LogP contribution in [0.5, 0.6) is 0 Å². The number of aromatic nitrogens is 3. The van der Waals surface area contributed by atoms with E-state index >= 15 is 0 Å². The Morgan fingerprint density at radius 3 is 3.04 bits per heavy atom. The summed E-state index contributed by atoms with van der Waals surface area (Å²) in [5, 5.41) is 18.0. The van der Waals surface area contributed by atoms with Gasteiger partial charge in [-0.05, 0) is 31.2 Å². The molecule has 0 saturated carbocycles. The van der Waals surface area contributed by atoms with Crippen molar-refractivity contribution in [2.45, 2.75) is 13.5 Å². The molecule has 1 aromatic carbocycles. The molecule has 7 heteroatoms. The monoisotopic (exact) mass is 327 g/mol. The Kier molecular flexibility index (Phi) is 4.60. The molecule has 0 amide bonds. The van der Waals surface area contributed by atoms with Crippen LogP contribution in [-0.2, 0) is 11.3 Å². The van der Waals surface area contributed by atoms with Crippen LogP contribution in [0.2, 0.25) is 0 Å². The zero-order chi connectivity index (χ0) is 16.9. The lowest BCUT2D eigenvalue weighted by atomic mass is 10.1. The van der Waals surface area contributed by atoms with E-state index in [1.165, 1.54) is 0 Å². The molecule has 0 aliphatic heterocycles. The number of pyridine rings is 1. The van der Waals surface area contributed by atoms with Gasteiger partial charge in [-0.3, -0.25) is 10.00 Å². The number of hydrogen-bond donors (Lipinski definition) is 2. The van der Waals surface area contributed by atoms with Gasteiger partial charge in [-0.1, -0.05) is 10.8 Å². The molecule has 2 N–H and O–H groups in total. The molecule has 0 bridgehead atoms. The minimum atomic E-state index is -0.328. The number of nitrogens with one attached hydrogen (secondary N) is 1.